The van der Waals surface area contributed by atoms with Crippen LogP contribution in [0.5, 0.6) is 0 Å². The van der Waals surface area contributed by atoms with Gasteiger partial charge in [-0.1, -0.05) is 0 Å². The molecule has 0 aromatic carbocycles. The number of hydrogen-bond acceptors (Lipinski definition) is 3. The predicted octanol–water partition coefficient (Wildman–Crippen LogP) is 2.72. The second-order valence-corrected chi connectivity index (χ2v) is 2.88. The topological polar surface area (TPSA) is 53.8 Å². The fourth-order valence-corrected chi connectivity index (χ4v) is 1.17. The molecule has 0 bridgehead atoms. The smallest absolute Gasteiger partial charge is 0.296 e. The van der Waals surface area contributed by atoms with Gasteiger partial charge in [-0.2, -0.15) is 18.4 Å². The Balaban J connectivity index is 3.61. The van der Waals surface area contributed by atoms with Crippen LogP contribution in [-0.4, -0.2) is 11.3 Å². The third-order valence-electron chi connectivity index (χ3n) is 1.81. The van der Waals surface area contributed by atoms with E-state index in [0.717, 1.165) is 6.07 Å². The highest BCUT2D eigenvalue weighted by atomic mass is 19.4. The van der Waals surface area contributed by atoms with Crippen molar-refractivity contribution in [2.45, 2.75) is 12.6 Å². The van der Waals surface area contributed by atoms with E-state index in [1.165, 1.54) is 0 Å². The molecule has 0 aliphatic carbocycles. The van der Waals surface area contributed by atoms with E-state index in [-0.39, 0.29) is 6.29 Å². The second-order valence-electron chi connectivity index (χ2n) is 2.88. The number of nitriles is 1. The molecular weight excluding hydrogens is 247 g/mol. The molecule has 0 radical (unpaired) electrons. The molecule has 8 heteroatoms. The third-order valence-corrected chi connectivity index (χ3v) is 1.81. The van der Waals surface area contributed by atoms with Gasteiger partial charge in [0.15, 0.2) is 6.29 Å². The van der Waals surface area contributed by atoms with Crippen molar-refractivity contribution in [2.24, 2.45) is 0 Å². The number of aromatic nitrogens is 1. The molecule has 1 heterocycles. The minimum Gasteiger partial charge on any atom is -0.296 e. The lowest BCUT2D eigenvalue weighted by Crippen LogP contribution is -2.14. The summed E-state index contributed by atoms with van der Waals surface area (Å²) < 4.78 is 62.0. The maximum Gasteiger partial charge on any atom is 0.419 e. The first kappa shape index (κ1) is 13.0. The van der Waals surface area contributed by atoms with Crippen molar-refractivity contribution in [3.05, 3.63) is 28.6 Å². The number of alkyl halides is 5. The minimum atomic E-state index is -5.01. The lowest BCUT2D eigenvalue weighted by molar-refractivity contribution is -0.138. The van der Waals surface area contributed by atoms with E-state index in [9.17, 15) is 26.7 Å². The van der Waals surface area contributed by atoms with Gasteiger partial charge in [0.05, 0.1) is 11.6 Å². The largest absolute Gasteiger partial charge is 0.419 e. The monoisotopic (exact) mass is 250 g/mol. The third kappa shape index (κ3) is 2.55. The van der Waals surface area contributed by atoms with E-state index in [0.29, 0.717) is 6.07 Å². The number of halogens is 5. The SMILES string of the molecule is N#Cc1cc(C(F)F)nc(C=O)c1C(F)(F)F. The van der Waals surface area contributed by atoms with E-state index in [1.54, 1.807) is 0 Å². The molecule has 90 valence electrons. The number of carbonyl (C=O) groups is 1. The first-order valence-corrected chi connectivity index (χ1v) is 4.06. The van der Waals surface area contributed by atoms with Crippen molar-refractivity contribution in [2.75, 3.05) is 0 Å². The summed E-state index contributed by atoms with van der Waals surface area (Å²) in [6, 6.07) is 1.44. The molecule has 0 saturated carbocycles. The highest BCUT2D eigenvalue weighted by molar-refractivity contribution is 5.76. The summed E-state index contributed by atoms with van der Waals surface area (Å²) in [6.07, 6.45) is -8.48. The number of carbonyl (C=O) groups excluding carboxylic acids is 1. The van der Waals surface area contributed by atoms with Crippen molar-refractivity contribution in [3.63, 3.8) is 0 Å². The molecule has 0 spiro atoms. The summed E-state index contributed by atoms with van der Waals surface area (Å²) in [5.41, 5.74) is -4.91. The Morgan fingerprint density at radius 1 is 1.41 bits per heavy atom. The van der Waals surface area contributed by atoms with Crippen LogP contribution in [0, 0.1) is 11.3 Å². The molecule has 0 saturated heterocycles. The van der Waals surface area contributed by atoms with Crippen LogP contribution < -0.4 is 0 Å². The van der Waals surface area contributed by atoms with Crippen LogP contribution in [0.3, 0.4) is 0 Å². The highest BCUT2D eigenvalue weighted by Gasteiger charge is 2.38. The zero-order valence-corrected chi connectivity index (χ0v) is 7.92. The summed E-state index contributed by atoms with van der Waals surface area (Å²) in [5, 5.41) is 8.47. The van der Waals surface area contributed by atoms with Crippen LogP contribution in [0.2, 0.25) is 0 Å². The molecule has 0 fully saturated rings. The molecule has 0 N–H and O–H groups in total. The molecular formula is C9H3F5N2O. The number of hydrogen-bond donors (Lipinski definition) is 0. The van der Waals surface area contributed by atoms with Crippen LogP contribution in [0.1, 0.15) is 33.7 Å². The van der Waals surface area contributed by atoms with Gasteiger partial charge in [-0.15, -0.1) is 0 Å². The van der Waals surface area contributed by atoms with Crippen molar-refractivity contribution < 1.29 is 26.7 Å². The molecule has 0 unspecified atom stereocenters. The predicted molar refractivity (Wildman–Crippen MR) is 44.3 cm³/mol. The lowest BCUT2D eigenvalue weighted by Gasteiger charge is -2.11. The first-order valence-electron chi connectivity index (χ1n) is 4.06. The summed E-state index contributed by atoms with van der Waals surface area (Å²) in [6.45, 7) is 0. The molecule has 17 heavy (non-hydrogen) atoms. The highest BCUT2D eigenvalue weighted by Crippen LogP contribution is 2.34. The molecule has 0 amide bonds. The zero-order chi connectivity index (χ0) is 13.2. The van der Waals surface area contributed by atoms with Crippen LogP contribution in [0.15, 0.2) is 6.07 Å². The normalized spacial score (nSPS) is 11.4. The standard InChI is InChI=1S/C9H3F5N2O/c10-8(11)5-1-4(2-15)7(9(12,13)14)6(3-17)16-5/h1,3,8H. The average molecular weight is 250 g/mol. The van der Waals surface area contributed by atoms with Crippen molar-refractivity contribution in [1.82, 2.24) is 4.98 Å². The second kappa shape index (κ2) is 4.45. The molecule has 0 aliphatic heterocycles. The summed E-state index contributed by atoms with van der Waals surface area (Å²) in [5.74, 6) is 0. The summed E-state index contributed by atoms with van der Waals surface area (Å²) in [7, 11) is 0. The number of nitrogens with zero attached hydrogens (tertiary/aromatic N) is 2. The Labute approximate surface area is 91.5 Å². The van der Waals surface area contributed by atoms with Gasteiger partial charge >= 0.3 is 6.18 Å². The first-order chi connectivity index (χ1) is 7.81. The summed E-state index contributed by atoms with van der Waals surface area (Å²) in [4.78, 5) is 13.3. The molecule has 0 atom stereocenters. The molecule has 1 rings (SSSR count). The molecule has 1 aromatic heterocycles. The van der Waals surface area contributed by atoms with E-state index in [4.69, 9.17) is 5.26 Å². The Bertz CT molecular complexity index is 489. The van der Waals surface area contributed by atoms with Crippen molar-refractivity contribution in [3.8, 4) is 6.07 Å². The van der Waals surface area contributed by atoms with Gasteiger partial charge in [-0.05, 0) is 6.07 Å². The number of rotatable bonds is 2. The van der Waals surface area contributed by atoms with E-state index < -0.39 is 35.1 Å². The Morgan fingerprint density at radius 2 is 2.00 bits per heavy atom. The minimum absolute atomic E-state index is 0.310. The molecule has 1 aromatic rings. The van der Waals surface area contributed by atoms with Gasteiger partial charge in [0, 0.05) is 0 Å². The van der Waals surface area contributed by atoms with Crippen molar-refractivity contribution >= 4 is 6.29 Å². The Kier molecular flexibility index (Phi) is 3.41. The zero-order valence-electron chi connectivity index (χ0n) is 7.92. The van der Waals surface area contributed by atoms with Gasteiger partial charge in [-0.25, -0.2) is 13.8 Å². The molecule has 3 nitrogen and oxygen atoms in total. The van der Waals surface area contributed by atoms with E-state index in [2.05, 4.69) is 4.98 Å². The number of pyridine rings is 1. The van der Waals surface area contributed by atoms with Gasteiger partial charge in [-0.3, -0.25) is 4.79 Å². The quantitative estimate of drug-likeness (QED) is 0.599. The number of aldehydes is 1. The van der Waals surface area contributed by atoms with E-state index in [1.807, 2.05) is 0 Å². The average Bonchev–Trinajstić information content (AvgIpc) is 2.25. The van der Waals surface area contributed by atoms with Crippen LogP contribution in [0.25, 0.3) is 0 Å². The Hall–Kier alpha value is -2.04. The maximum atomic E-state index is 12.5. The fraction of sp³-hybridized carbons (Fsp3) is 0.222. The molecule has 0 aliphatic rings. The van der Waals surface area contributed by atoms with Gasteiger partial charge in [0.25, 0.3) is 6.43 Å². The van der Waals surface area contributed by atoms with E-state index >= 15 is 0 Å². The summed E-state index contributed by atoms with van der Waals surface area (Å²) >= 11 is 0. The van der Waals surface area contributed by atoms with Crippen LogP contribution >= 0.6 is 0 Å². The Morgan fingerprint density at radius 3 is 2.35 bits per heavy atom. The fourth-order valence-electron chi connectivity index (χ4n) is 1.17. The van der Waals surface area contributed by atoms with Gasteiger partial charge < -0.3 is 0 Å². The maximum absolute atomic E-state index is 12.5. The lowest BCUT2D eigenvalue weighted by atomic mass is 10.1. The van der Waals surface area contributed by atoms with Gasteiger partial charge in [0.2, 0.25) is 0 Å². The van der Waals surface area contributed by atoms with Crippen molar-refractivity contribution in [1.29, 1.82) is 5.26 Å². The van der Waals surface area contributed by atoms with Crippen LogP contribution in [0.4, 0.5) is 22.0 Å². The van der Waals surface area contributed by atoms with Gasteiger partial charge in [0.1, 0.15) is 17.0 Å². The van der Waals surface area contributed by atoms with Crippen LogP contribution in [-0.2, 0) is 6.18 Å².